The number of nitrogens with one attached hydrogen (secondary N) is 1. The summed E-state index contributed by atoms with van der Waals surface area (Å²) < 4.78 is 0. The minimum Gasteiger partial charge on any atom is -0.370 e. The Labute approximate surface area is 97.9 Å². The summed E-state index contributed by atoms with van der Waals surface area (Å²) in [6, 6.07) is 4.74. The van der Waals surface area contributed by atoms with Crippen molar-refractivity contribution in [3.63, 3.8) is 0 Å². The van der Waals surface area contributed by atoms with Crippen molar-refractivity contribution in [1.82, 2.24) is 10.3 Å². The smallest absolute Gasteiger partial charge is 0.0552 e. The minimum atomic E-state index is 0.249. The highest BCUT2D eigenvalue weighted by Crippen LogP contribution is 2.25. The van der Waals surface area contributed by atoms with Gasteiger partial charge in [0.15, 0.2) is 0 Å². The van der Waals surface area contributed by atoms with E-state index in [4.69, 9.17) is 0 Å². The third-order valence-electron chi connectivity index (χ3n) is 3.43. The van der Waals surface area contributed by atoms with Crippen LogP contribution in [0.3, 0.4) is 0 Å². The van der Waals surface area contributed by atoms with Crippen LogP contribution in [0, 0.1) is 0 Å². The first kappa shape index (κ1) is 11.4. The van der Waals surface area contributed by atoms with Gasteiger partial charge in [0.2, 0.25) is 0 Å². The molecular formula is C13H21N3. The molecular weight excluding hydrogens is 198 g/mol. The highest BCUT2D eigenvalue weighted by molar-refractivity contribution is 5.44. The van der Waals surface area contributed by atoms with E-state index in [2.05, 4.69) is 42.2 Å². The highest BCUT2D eigenvalue weighted by atomic mass is 15.2. The fraction of sp³-hybridized carbons (Fsp3) is 0.615. The van der Waals surface area contributed by atoms with E-state index in [0.717, 1.165) is 6.54 Å². The molecule has 1 unspecified atom stereocenters. The molecule has 1 atom stereocenters. The van der Waals surface area contributed by atoms with Crippen LogP contribution < -0.4 is 10.2 Å². The van der Waals surface area contributed by atoms with E-state index in [9.17, 15) is 0 Å². The van der Waals surface area contributed by atoms with Crippen LogP contribution in [0.2, 0.25) is 0 Å². The summed E-state index contributed by atoms with van der Waals surface area (Å²) in [4.78, 5) is 6.54. The minimum absolute atomic E-state index is 0.249. The van der Waals surface area contributed by atoms with Crippen LogP contribution in [0.1, 0.15) is 26.7 Å². The van der Waals surface area contributed by atoms with Gasteiger partial charge in [0, 0.05) is 24.8 Å². The van der Waals surface area contributed by atoms with Gasteiger partial charge >= 0.3 is 0 Å². The molecule has 3 nitrogen and oxygen atoms in total. The van der Waals surface area contributed by atoms with Crippen LogP contribution in [0.4, 0.5) is 5.69 Å². The lowest BCUT2D eigenvalue weighted by atomic mass is 9.88. The number of aromatic nitrogens is 1. The van der Waals surface area contributed by atoms with Gasteiger partial charge in [-0.2, -0.15) is 0 Å². The van der Waals surface area contributed by atoms with Crippen molar-refractivity contribution in [3.05, 3.63) is 24.5 Å². The van der Waals surface area contributed by atoms with Crippen molar-refractivity contribution < 1.29 is 0 Å². The maximum atomic E-state index is 4.18. The van der Waals surface area contributed by atoms with Crippen molar-refractivity contribution in [2.75, 3.05) is 18.5 Å². The van der Waals surface area contributed by atoms with E-state index in [1.54, 1.807) is 0 Å². The fourth-order valence-electron chi connectivity index (χ4n) is 2.44. The second-order valence-corrected chi connectivity index (χ2v) is 5.28. The molecule has 1 aliphatic heterocycles. The molecule has 1 aromatic rings. The van der Waals surface area contributed by atoms with E-state index in [-0.39, 0.29) is 5.54 Å². The molecule has 3 heteroatoms. The zero-order valence-electron chi connectivity index (χ0n) is 10.4. The maximum absolute atomic E-state index is 4.18. The largest absolute Gasteiger partial charge is 0.370 e. The lowest BCUT2D eigenvalue weighted by Gasteiger charge is -2.41. The number of hydrogen-bond acceptors (Lipinski definition) is 3. The van der Waals surface area contributed by atoms with Crippen molar-refractivity contribution in [1.29, 1.82) is 0 Å². The Morgan fingerprint density at radius 2 is 2.31 bits per heavy atom. The van der Waals surface area contributed by atoms with Gasteiger partial charge in [0.05, 0.1) is 11.9 Å². The summed E-state index contributed by atoms with van der Waals surface area (Å²) in [6.07, 6.45) is 6.14. The topological polar surface area (TPSA) is 28.2 Å². The van der Waals surface area contributed by atoms with Crippen molar-refractivity contribution in [3.8, 4) is 0 Å². The molecule has 16 heavy (non-hydrogen) atoms. The molecule has 88 valence electrons. The van der Waals surface area contributed by atoms with Crippen molar-refractivity contribution >= 4 is 5.69 Å². The molecule has 0 bridgehead atoms. The molecule has 1 N–H and O–H groups in total. The van der Waals surface area contributed by atoms with E-state index in [0.29, 0.717) is 6.04 Å². The average molecular weight is 219 g/mol. The van der Waals surface area contributed by atoms with Crippen LogP contribution in [0.15, 0.2) is 24.5 Å². The number of anilines is 1. The lowest BCUT2D eigenvalue weighted by molar-refractivity contribution is 0.271. The van der Waals surface area contributed by atoms with E-state index in [1.807, 2.05) is 18.5 Å². The normalized spacial score (nSPS) is 24.1. The molecule has 2 rings (SSSR count). The zero-order chi connectivity index (χ0) is 11.6. The van der Waals surface area contributed by atoms with Gasteiger partial charge < -0.3 is 10.2 Å². The Morgan fingerprint density at radius 1 is 1.50 bits per heavy atom. The van der Waals surface area contributed by atoms with Crippen LogP contribution in [0.25, 0.3) is 0 Å². The predicted molar refractivity (Wildman–Crippen MR) is 67.7 cm³/mol. The monoisotopic (exact) mass is 219 g/mol. The summed E-state index contributed by atoms with van der Waals surface area (Å²) in [6.45, 7) is 5.65. The van der Waals surface area contributed by atoms with Gasteiger partial charge in [-0.15, -0.1) is 0 Å². The number of pyridine rings is 1. The number of piperidine rings is 1. The van der Waals surface area contributed by atoms with Crippen LogP contribution in [0.5, 0.6) is 0 Å². The number of hydrogen-bond donors (Lipinski definition) is 1. The maximum Gasteiger partial charge on any atom is 0.0552 e. The second kappa shape index (κ2) is 4.42. The molecule has 0 amide bonds. The van der Waals surface area contributed by atoms with Gasteiger partial charge in [-0.1, -0.05) is 0 Å². The molecule has 0 saturated carbocycles. The van der Waals surface area contributed by atoms with Gasteiger partial charge in [0.1, 0.15) is 0 Å². The van der Waals surface area contributed by atoms with Gasteiger partial charge in [0.25, 0.3) is 0 Å². The van der Waals surface area contributed by atoms with Crippen molar-refractivity contribution in [2.45, 2.75) is 38.3 Å². The summed E-state index contributed by atoms with van der Waals surface area (Å²) in [7, 11) is 2.17. The Kier molecular flexibility index (Phi) is 3.15. The average Bonchev–Trinajstić information content (AvgIpc) is 2.28. The van der Waals surface area contributed by atoms with Crippen LogP contribution >= 0.6 is 0 Å². The van der Waals surface area contributed by atoms with Gasteiger partial charge in [-0.05, 0) is 45.4 Å². The zero-order valence-corrected chi connectivity index (χ0v) is 10.4. The molecule has 0 radical (unpaired) electrons. The molecule has 1 saturated heterocycles. The number of rotatable bonds is 2. The molecule has 0 aliphatic carbocycles. The summed E-state index contributed by atoms with van der Waals surface area (Å²) in [5, 5.41) is 3.55. The fourth-order valence-corrected chi connectivity index (χ4v) is 2.44. The molecule has 0 spiro atoms. The van der Waals surface area contributed by atoms with E-state index >= 15 is 0 Å². The Hall–Kier alpha value is -1.09. The molecule has 1 fully saturated rings. The Balaban J connectivity index is 2.08. The Morgan fingerprint density at radius 3 is 2.94 bits per heavy atom. The van der Waals surface area contributed by atoms with Crippen LogP contribution in [-0.2, 0) is 0 Å². The van der Waals surface area contributed by atoms with E-state index < -0.39 is 0 Å². The first-order valence-electron chi connectivity index (χ1n) is 5.96. The van der Waals surface area contributed by atoms with Crippen LogP contribution in [-0.4, -0.2) is 30.2 Å². The summed E-state index contributed by atoms with van der Waals surface area (Å²) >= 11 is 0. The quantitative estimate of drug-likeness (QED) is 0.825. The first-order chi connectivity index (χ1) is 7.58. The molecule has 1 aromatic heterocycles. The summed E-state index contributed by atoms with van der Waals surface area (Å²) in [5.74, 6) is 0. The summed E-state index contributed by atoms with van der Waals surface area (Å²) in [5.41, 5.74) is 1.46. The van der Waals surface area contributed by atoms with Crippen molar-refractivity contribution in [2.24, 2.45) is 0 Å². The second-order valence-electron chi connectivity index (χ2n) is 5.28. The third kappa shape index (κ3) is 2.53. The molecule has 2 heterocycles. The first-order valence-corrected chi connectivity index (χ1v) is 5.96. The molecule has 1 aliphatic rings. The SMILES string of the molecule is CN(c1cccnc1)C1CCNC(C)(C)C1. The van der Waals surface area contributed by atoms with Gasteiger partial charge in [-0.3, -0.25) is 4.98 Å². The van der Waals surface area contributed by atoms with E-state index in [1.165, 1.54) is 18.5 Å². The predicted octanol–water partition coefficient (Wildman–Crippen LogP) is 2.05. The standard InChI is InChI=1S/C13H21N3/c1-13(2)9-11(6-8-15-13)16(3)12-5-4-7-14-10-12/h4-5,7,10-11,15H,6,8-9H2,1-3H3. The Bertz CT molecular complexity index is 334. The highest BCUT2D eigenvalue weighted by Gasteiger charge is 2.29. The molecule has 0 aromatic carbocycles. The lowest BCUT2D eigenvalue weighted by Crippen LogP contribution is -2.52. The number of nitrogens with zero attached hydrogens (tertiary/aromatic N) is 2. The third-order valence-corrected chi connectivity index (χ3v) is 3.43. The van der Waals surface area contributed by atoms with Gasteiger partial charge in [-0.25, -0.2) is 0 Å².